The van der Waals surface area contributed by atoms with Crippen LogP contribution in [0, 0.1) is 0 Å². The third kappa shape index (κ3) is 6.88. The van der Waals surface area contributed by atoms with Crippen LogP contribution in [0.2, 0.25) is 0 Å². The zero-order valence-electron chi connectivity index (χ0n) is 36.4. The van der Waals surface area contributed by atoms with Crippen LogP contribution in [0.4, 0.5) is 17.1 Å². The number of thiophene rings is 1. The summed E-state index contributed by atoms with van der Waals surface area (Å²) in [5.41, 5.74) is 16.7. The molecule has 0 radical (unpaired) electrons. The molecule has 11 aromatic carbocycles. The van der Waals surface area contributed by atoms with Crippen molar-refractivity contribution in [1.82, 2.24) is 0 Å². The highest BCUT2D eigenvalue weighted by atomic mass is 32.1. The highest BCUT2D eigenvalue weighted by molar-refractivity contribution is 7.26. The lowest BCUT2D eigenvalue weighted by Gasteiger charge is -2.28. The van der Waals surface area contributed by atoms with Crippen molar-refractivity contribution in [3.8, 4) is 55.6 Å². The van der Waals surface area contributed by atoms with E-state index in [1.165, 1.54) is 59.1 Å². The molecule has 0 aliphatic carbocycles. The Kier molecular flexibility index (Phi) is 9.40. The number of benzene rings is 11. The molecule has 314 valence electrons. The fraction of sp³-hybridized carbons (Fsp3) is 0. The van der Waals surface area contributed by atoms with E-state index in [2.05, 4.69) is 254 Å². The minimum atomic E-state index is 0.849. The Morgan fingerprint density at radius 3 is 1.51 bits per heavy atom. The number of fused-ring (bicyclic) bond motifs is 8. The Balaban J connectivity index is 1.04. The third-order valence-corrected chi connectivity index (χ3v) is 14.5. The van der Waals surface area contributed by atoms with E-state index in [-0.39, 0.29) is 0 Å². The monoisotopic (exact) mass is 871 g/mol. The number of hydrogen-bond acceptors (Lipinski definition) is 3. The van der Waals surface area contributed by atoms with Gasteiger partial charge in [0.2, 0.25) is 0 Å². The van der Waals surface area contributed by atoms with Gasteiger partial charge >= 0.3 is 0 Å². The fourth-order valence-corrected chi connectivity index (χ4v) is 11.1. The van der Waals surface area contributed by atoms with Gasteiger partial charge in [-0.15, -0.1) is 11.3 Å². The molecule has 2 heterocycles. The molecule has 0 atom stereocenters. The van der Waals surface area contributed by atoms with Crippen molar-refractivity contribution in [3.63, 3.8) is 0 Å². The predicted molar refractivity (Wildman–Crippen MR) is 286 cm³/mol. The number of nitrogens with zero attached hydrogens (tertiary/aromatic N) is 1. The summed E-state index contributed by atoms with van der Waals surface area (Å²) in [4.78, 5) is 2.45. The highest BCUT2D eigenvalue weighted by Crippen LogP contribution is 2.50. The summed E-state index contributed by atoms with van der Waals surface area (Å²) < 4.78 is 9.49. The molecular formula is C64H41NOS. The minimum Gasteiger partial charge on any atom is -0.455 e. The van der Waals surface area contributed by atoms with E-state index in [0.29, 0.717) is 0 Å². The van der Waals surface area contributed by atoms with Crippen molar-refractivity contribution >= 4 is 81.3 Å². The lowest BCUT2D eigenvalue weighted by Crippen LogP contribution is -2.11. The number of hydrogen-bond donors (Lipinski definition) is 0. The summed E-state index contributed by atoms with van der Waals surface area (Å²) in [7, 11) is 0. The summed E-state index contributed by atoms with van der Waals surface area (Å²) >= 11 is 1.85. The van der Waals surface area contributed by atoms with Gasteiger partial charge in [-0.2, -0.15) is 0 Å². The molecule has 0 aliphatic rings. The van der Waals surface area contributed by atoms with Gasteiger partial charge in [-0.3, -0.25) is 0 Å². The Bertz CT molecular complexity index is 3890. The van der Waals surface area contributed by atoms with Crippen LogP contribution in [0.1, 0.15) is 0 Å². The molecule has 2 nitrogen and oxygen atoms in total. The van der Waals surface area contributed by atoms with Crippen LogP contribution in [0.3, 0.4) is 0 Å². The van der Waals surface area contributed by atoms with Crippen molar-refractivity contribution in [2.45, 2.75) is 0 Å². The molecular weight excluding hydrogens is 831 g/mol. The van der Waals surface area contributed by atoms with Crippen LogP contribution in [-0.2, 0) is 0 Å². The Morgan fingerprint density at radius 2 is 0.836 bits per heavy atom. The maximum atomic E-state index is 6.98. The summed E-state index contributed by atoms with van der Waals surface area (Å²) in [6, 6.07) is 90.2. The first kappa shape index (κ1) is 38.9. The third-order valence-electron chi connectivity index (χ3n) is 13.3. The zero-order valence-corrected chi connectivity index (χ0v) is 37.3. The summed E-state index contributed by atoms with van der Waals surface area (Å²) in [5, 5.41) is 6.98. The van der Waals surface area contributed by atoms with Crippen molar-refractivity contribution in [2.24, 2.45) is 0 Å². The molecule has 0 unspecified atom stereocenters. The van der Waals surface area contributed by atoms with Gasteiger partial charge < -0.3 is 9.32 Å². The molecule has 3 heteroatoms. The molecule has 67 heavy (non-hydrogen) atoms. The standard InChI is InChI=1S/C64H41NOS/c1-4-15-42(16-5-1)45-31-34-52(35-32-45)65(59-25-14-24-56-54-23-12-13-26-62(54)67-64(56)59)60-41-61-58(55-36-33-47-21-10-11-22-53(47)63(55)66-61)40-57(60)48-29-27-46(28-30-48)51-38-49(43-17-6-2-7-18-43)37-50(39-51)44-19-8-3-9-20-44/h1-41H. The highest BCUT2D eigenvalue weighted by Gasteiger charge is 2.24. The smallest absolute Gasteiger partial charge is 0.143 e. The lowest BCUT2D eigenvalue weighted by atomic mass is 9.92. The van der Waals surface area contributed by atoms with Crippen LogP contribution in [0.5, 0.6) is 0 Å². The average Bonchev–Trinajstić information content (AvgIpc) is 3.98. The molecule has 0 aliphatic heterocycles. The van der Waals surface area contributed by atoms with Crippen LogP contribution < -0.4 is 4.90 Å². The molecule has 0 saturated heterocycles. The minimum absolute atomic E-state index is 0.849. The Morgan fingerprint density at radius 1 is 0.313 bits per heavy atom. The fourth-order valence-electron chi connectivity index (χ4n) is 9.94. The van der Waals surface area contributed by atoms with Gasteiger partial charge in [-0.05, 0) is 110 Å². The molecule has 13 rings (SSSR count). The van der Waals surface area contributed by atoms with Crippen molar-refractivity contribution in [2.75, 3.05) is 4.90 Å². The second kappa shape index (κ2) is 16.2. The normalized spacial score (nSPS) is 11.6. The number of rotatable bonds is 8. The van der Waals surface area contributed by atoms with Gasteiger partial charge in [0.15, 0.2) is 0 Å². The first-order valence-corrected chi connectivity index (χ1v) is 23.6. The number of anilines is 3. The molecule has 0 N–H and O–H groups in total. The van der Waals surface area contributed by atoms with Gasteiger partial charge in [0, 0.05) is 48.9 Å². The van der Waals surface area contributed by atoms with Gasteiger partial charge in [0.25, 0.3) is 0 Å². The van der Waals surface area contributed by atoms with Crippen molar-refractivity contribution in [3.05, 3.63) is 249 Å². The Labute approximate surface area is 392 Å². The van der Waals surface area contributed by atoms with E-state index in [9.17, 15) is 0 Å². The summed E-state index contributed by atoms with van der Waals surface area (Å²) in [6.07, 6.45) is 0. The number of furan rings is 1. The maximum Gasteiger partial charge on any atom is 0.143 e. The predicted octanol–water partition coefficient (Wildman–Crippen LogP) is 18.9. The zero-order chi connectivity index (χ0) is 44.3. The van der Waals surface area contributed by atoms with Crippen LogP contribution in [0.25, 0.3) is 109 Å². The van der Waals surface area contributed by atoms with Gasteiger partial charge in [-0.25, -0.2) is 0 Å². The summed E-state index contributed by atoms with van der Waals surface area (Å²) in [5.74, 6) is 0. The maximum absolute atomic E-state index is 6.98. The van der Waals surface area contributed by atoms with Gasteiger partial charge in [0.05, 0.1) is 16.1 Å². The van der Waals surface area contributed by atoms with Gasteiger partial charge in [-0.1, -0.05) is 188 Å². The van der Waals surface area contributed by atoms with E-state index in [1.807, 2.05) is 11.3 Å². The molecule has 0 amide bonds. The largest absolute Gasteiger partial charge is 0.455 e. The van der Waals surface area contributed by atoms with E-state index >= 15 is 0 Å². The van der Waals surface area contributed by atoms with Crippen molar-refractivity contribution < 1.29 is 4.42 Å². The van der Waals surface area contributed by atoms with E-state index < -0.39 is 0 Å². The quantitative estimate of drug-likeness (QED) is 0.151. The van der Waals surface area contributed by atoms with E-state index in [4.69, 9.17) is 4.42 Å². The van der Waals surface area contributed by atoms with E-state index in [1.54, 1.807) is 0 Å². The van der Waals surface area contributed by atoms with Crippen LogP contribution >= 0.6 is 11.3 Å². The molecule has 0 saturated carbocycles. The first-order valence-electron chi connectivity index (χ1n) is 22.8. The lowest BCUT2D eigenvalue weighted by molar-refractivity contribution is 0.673. The molecule has 13 aromatic rings. The second-order valence-electron chi connectivity index (χ2n) is 17.2. The van der Waals surface area contributed by atoms with Gasteiger partial charge in [0.1, 0.15) is 11.2 Å². The topological polar surface area (TPSA) is 16.4 Å². The molecule has 0 spiro atoms. The second-order valence-corrected chi connectivity index (χ2v) is 18.3. The Hall–Kier alpha value is -8.50. The summed E-state index contributed by atoms with van der Waals surface area (Å²) in [6.45, 7) is 0. The SMILES string of the molecule is c1ccc(-c2ccc(N(c3cc4oc5c6ccccc6ccc5c4cc3-c3ccc(-c4cc(-c5ccccc5)cc(-c5ccccc5)c4)cc3)c3cccc4c3sc3ccccc34)cc2)cc1. The first-order chi connectivity index (χ1) is 33.2. The molecule has 2 aromatic heterocycles. The molecule has 0 fully saturated rings. The van der Waals surface area contributed by atoms with Crippen molar-refractivity contribution in [1.29, 1.82) is 0 Å². The average molecular weight is 872 g/mol. The van der Waals surface area contributed by atoms with E-state index in [0.717, 1.165) is 66.5 Å². The van der Waals surface area contributed by atoms with Crippen LogP contribution in [-0.4, -0.2) is 0 Å². The van der Waals surface area contributed by atoms with Crippen LogP contribution in [0.15, 0.2) is 253 Å². The molecule has 0 bridgehead atoms.